The number of hydrogen-bond donors (Lipinski definition) is 3. The van der Waals surface area contributed by atoms with E-state index in [9.17, 15) is 19.2 Å². The van der Waals surface area contributed by atoms with Gasteiger partial charge < -0.3 is 20.5 Å². The third kappa shape index (κ3) is 4.46. The maximum absolute atomic E-state index is 12.3. The van der Waals surface area contributed by atoms with E-state index in [0.717, 1.165) is 0 Å². The first-order chi connectivity index (χ1) is 11.8. The van der Waals surface area contributed by atoms with Gasteiger partial charge in [-0.2, -0.15) is 0 Å². The van der Waals surface area contributed by atoms with Gasteiger partial charge in [0.1, 0.15) is 12.3 Å². The summed E-state index contributed by atoms with van der Waals surface area (Å²) in [4.78, 5) is 47.6. The van der Waals surface area contributed by atoms with Gasteiger partial charge in [-0.05, 0) is 25.1 Å². The van der Waals surface area contributed by atoms with Gasteiger partial charge in [0.2, 0.25) is 11.8 Å². The number of fused-ring (bicyclic) bond motifs is 1. The average Bonchev–Trinajstić information content (AvgIpc) is 2.57. The van der Waals surface area contributed by atoms with Crippen LogP contribution in [-0.2, 0) is 19.2 Å². The predicted molar refractivity (Wildman–Crippen MR) is 88.5 cm³/mol. The van der Waals surface area contributed by atoms with E-state index in [1.165, 1.54) is 18.0 Å². The van der Waals surface area contributed by atoms with Crippen LogP contribution in [0.1, 0.15) is 19.8 Å². The summed E-state index contributed by atoms with van der Waals surface area (Å²) in [5.41, 5.74) is 0.740. The highest BCUT2D eigenvalue weighted by molar-refractivity contribution is 6.04. The third-order valence-corrected chi connectivity index (χ3v) is 3.60. The number of likely N-dealkylation sites (N-methyl/N-ethyl adjacent to an activating group) is 1. The van der Waals surface area contributed by atoms with Gasteiger partial charge in [-0.25, -0.2) is 0 Å². The third-order valence-electron chi connectivity index (χ3n) is 3.60. The lowest BCUT2D eigenvalue weighted by Gasteiger charge is -2.32. The minimum atomic E-state index is -1.06. The molecule has 3 amide bonds. The van der Waals surface area contributed by atoms with Crippen LogP contribution in [0.15, 0.2) is 18.2 Å². The van der Waals surface area contributed by atoms with Gasteiger partial charge in [-0.3, -0.25) is 24.1 Å². The standard InChI is InChI=1S/C16H19N3O6/c1-9-16(24)19(8-14(21)17-2)11-7-10(3-4-12(11)25-9)18-13(20)5-6-15(22)23/h3-4,7,9H,5-6,8H2,1-2H3,(H,17,21)(H,18,20)(H,22,23). The summed E-state index contributed by atoms with van der Waals surface area (Å²) in [5, 5.41) is 13.6. The maximum atomic E-state index is 12.3. The number of benzene rings is 1. The van der Waals surface area contributed by atoms with Crippen LogP contribution in [0.2, 0.25) is 0 Å². The summed E-state index contributed by atoms with van der Waals surface area (Å²) < 4.78 is 5.52. The van der Waals surface area contributed by atoms with Gasteiger partial charge in [-0.15, -0.1) is 0 Å². The quantitative estimate of drug-likeness (QED) is 0.680. The second kappa shape index (κ2) is 7.65. The average molecular weight is 349 g/mol. The number of carbonyl (C=O) groups excluding carboxylic acids is 3. The molecule has 1 unspecified atom stereocenters. The van der Waals surface area contributed by atoms with E-state index in [2.05, 4.69) is 10.6 Å². The van der Waals surface area contributed by atoms with Crippen LogP contribution in [0.4, 0.5) is 11.4 Å². The van der Waals surface area contributed by atoms with Crippen LogP contribution in [0.25, 0.3) is 0 Å². The number of anilines is 2. The van der Waals surface area contributed by atoms with Crippen LogP contribution in [-0.4, -0.2) is 48.5 Å². The highest BCUT2D eigenvalue weighted by Gasteiger charge is 2.32. The van der Waals surface area contributed by atoms with Crippen molar-refractivity contribution in [3.05, 3.63) is 18.2 Å². The fourth-order valence-electron chi connectivity index (χ4n) is 2.31. The predicted octanol–water partition coefficient (Wildman–Crippen LogP) is 0.350. The number of amides is 3. The summed E-state index contributed by atoms with van der Waals surface area (Å²) in [6, 6.07) is 4.68. The molecule has 0 aliphatic carbocycles. The molecule has 3 N–H and O–H groups in total. The van der Waals surface area contributed by atoms with Crippen molar-refractivity contribution in [3.8, 4) is 5.75 Å². The van der Waals surface area contributed by atoms with Gasteiger partial charge in [-0.1, -0.05) is 0 Å². The van der Waals surface area contributed by atoms with Crippen molar-refractivity contribution in [2.24, 2.45) is 0 Å². The van der Waals surface area contributed by atoms with Crippen molar-refractivity contribution in [2.75, 3.05) is 23.8 Å². The Morgan fingerprint density at radius 1 is 1.24 bits per heavy atom. The molecule has 9 heteroatoms. The number of aliphatic carboxylic acids is 1. The summed E-state index contributed by atoms with van der Waals surface area (Å²) >= 11 is 0. The number of nitrogens with zero attached hydrogens (tertiary/aromatic N) is 1. The van der Waals surface area contributed by atoms with E-state index in [1.54, 1.807) is 19.1 Å². The molecule has 0 radical (unpaired) electrons. The molecule has 1 atom stereocenters. The lowest BCUT2D eigenvalue weighted by Crippen LogP contribution is -2.48. The Morgan fingerprint density at radius 2 is 1.96 bits per heavy atom. The van der Waals surface area contributed by atoms with Crippen LogP contribution >= 0.6 is 0 Å². The number of rotatable bonds is 6. The summed E-state index contributed by atoms with van der Waals surface area (Å²) in [5.74, 6) is -1.82. The summed E-state index contributed by atoms with van der Waals surface area (Å²) in [7, 11) is 1.47. The second-order valence-electron chi connectivity index (χ2n) is 5.48. The zero-order valence-corrected chi connectivity index (χ0v) is 13.9. The minimum absolute atomic E-state index is 0.166. The number of hydrogen-bond acceptors (Lipinski definition) is 5. The Labute approximate surface area is 143 Å². The van der Waals surface area contributed by atoms with Crippen molar-refractivity contribution in [2.45, 2.75) is 25.9 Å². The van der Waals surface area contributed by atoms with Crippen molar-refractivity contribution in [3.63, 3.8) is 0 Å². The fourth-order valence-corrected chi connectivity index (χ4v) is 2.31. The number of ether oxygens (including phenoxy) is 1. The zero-order chi connectivity index (χ0) is 18.6. The van der Waals surface area contributed by atoms with Crippen molar-refractivity contribution in [1.82, 2.24) is 5.32 Å². The van der Waals surface area contributed by atoms with Gasteiger partial charge in [0, 0.05) is 19.2 Å². The summed E-state index contributed by atoms with van der Waals surface area (Å²) in [6.45, 7) is 1.41. The SMILES string of the molecule is CNC(=O)CN1C(=O)C(C)Oc2ccc(NC(=O)CCC(=O)O)cc21. The Morgan fingerprint density at radius 3 is 2.60 bits per heavy atom. The number of carbonyl (C=O) groups is 4. The minimum Gasteiger partial charge on any atom is -0.481 e. The Balaban J connectivity index is 2.23. The van der Waals surface area contributed by atoms with Crippen LogP contribution in [0.5, 0.6) is 5.75 Å². The Bertz CT molecular complexity index is 718. The first-order valence-corrected chi connectivity index (χ1v) is 7.66. The summed E-state index contributed by atoms with van der Waals surface area (Å²) in [6.07, 6.45) is -1.17. The molecule has 2 rings (SSSR count). The molecule has 1 aromatic rings. The Kier molecular flexibility index (Phi) is 5.58. The van der Waals surface area contributed by atoms with Crippen LogP contribution < -0.4 is 20.3 Å². The maximum Gasteiger partial charge on any atom is 0.303 e. The molecule has 0 spiro atoms. The molecule has 0 bridgehead atoms. The van der Waals surface area contributed by atoms with Crippen LogP contribution in [0, 0.1) is 0 Å². The van der Waals surface area contributed by atoms with Gasteiger partial charge in [0.05, 0.1) is 12.1 Å². The van der Waals surface area contributed by atoms with E-state index >= 15 is 0 Å². The second-order valence-corrected chi connectivity index (χ2v) is 5.48. The topological polar surface area (TPSA) is 125 Å². The number of carboxylic acids is 1. The molecule has 0 aromatic heterocycles. The molecule has 1 aliphatic heterocycles. The first-order valence-electron chi connectivity index (χ1n) is 7.66. The lowest BCUT2D eigenvalue weighted by atomic mass is 10.1. The molecular weight excluding hydrogens is 330 g/mol. The van der Waals surface area contributed by atoms with Gasteiger partial charge in [0.25, 0.3) is 5.91 Å². The van der Waals surface area contributed by atoms with Crippen molar-refractivity contribution < 1.29 is 29.0 Å². The Hall–Kier alpha value is -3.10. The highest BCUT2D eigenvalue weighted by atomic mass is 16.5. The largest absolute Gasteiger partial charge is 0.481 e. The molecule has 1 aliphatic rings. The smallest absolute Gasteiger partial charge is 0.303 e. The lowest BCUT2D eigenvalue weighted by molar-refractivity contribution is -0.138. The van der Waals surface area contributed by atoms with Crippen molar-refractivity contribution in [1.29, 1.82) is 0 Å². The molecule has 1 heterocycles. The van der Waals surface area contributed by atoms with E-state index in [0.29, 0.717) is 17.1 Å². The monoisotopic (exact) mass is 349 g/mol. The molecule has 1 aromatic carbocycles. The molecule has 9 nitrogen and oxygen atoms in total. The molecular formula is C16H19N3O6. The van der Waals surface area contributed by atoms with Gasteiger partial charge in [0.15, 0.2) is 6.10 Å². The van der Waals surface area contributed by atoms with E-state index < -0.39 is 18.0 Å². The van der Waals surface area contributed by atoms with Crippen LogP contribution in [0.3, 0.4) is 0 Å². The van der Waals surface area contributed by atoms with E-state index in [1.807, 2.05) is 0 Å². The number of carboxylic acid groups (broad SMARTS) is 1. The van der Waals surface area contributed by atoms with E-state index in [4.69, 9.17) is 9.84 Å². The molecule has 0 fully saturated rings. The molecule has 134 valence electrons. The molecule has 25 heavy (non-hydrogen) atoms. The van der Waals surface area contributed by atoms with Crippen molar-refractivity contribution >= 4 is 35.1 Å². The number of nitrogens with one attached hydrogen (secondary N) is 2. The molecule has 0 saturated heterocycles. The zero-order valence-electron chi connectivity index (χ0n) is 13.9. The normalized spacial score (nSPS) is 15.8. The molecule has 0 saturated carbocycles. The first kappa shape index (κ1) is 18.2. The fraction of sp³-hybridized carbons (Fsp3) is 0.375. The van der Waals surface area contributed by atoms with E-state index in [-0.39, 0.29) is 31.2 Å². The highest BCUT2D eigenvalue weighted by Crippen LogP contribution is 2.36. The van der Waals surface area contributed by atoms with Gasteiger partial charge >= 0.3 is 5.97 Å².